The number of pyridine rings is 1. The lowest BCUT2D eigenvalue weighted by Crippen LogP contribution is -2.23. The first-order valence-corrected chi connectivity index (χ1v) is 7.96. The molecule has 1 atom stereocenters. The van der Waals surface area contributed by atoms with Crippen molar-refractivity contribution in [3.8, 4) is 11.6 Å². The molecule has 0 amide bonds. The van der Waals surface area contributed by atoms with Gasteiger partial charge in [-0.2, -0.15) is 0 Å². The molecule has 3 aromatic rings. The molecule has 0 bridgehead atoms. The zero-order valence-corrected chi connectivity index (χ0v) is 14.0. The topological polar surface area (TPSA) is 57.0 Å². The highest BCUT2D eigenvalue weighted by Crippen LogP contribution is 2.33. The van der Waals surface area contributed by atoms with Crippen molar-refractivity contribution in [1.82, 2.24) is 15.1 Å². The summed E-state index contributed by atoms with van der Waals surface area (Å²) in [6.07, 6.45) is -1.26. The van der Waals surface area contributed by atoms with Crippen LogP contribution in [0, 0.1) is 0 Å². The SMILES string of the molecule is C[C@]1(c2ccc(OC(F)(F)F)cc2)C=C(Oc2cc3ccccn3n2)NO1. The van der Waals surface area contributed by atoms with Crippen LogP contribution >= 0.6 is 0 Å². The molecular weight excluding hydrogens is 363 g/mol. The number of benzene rings is 1. The van der Waals surface area contributed by atoms with Gasteiger partial charge in [0.05, 0.1) is 5.52 Å². The Morgan fingerprint density at radius 2 is 1.93 bits per heavy atom. The number of hydrogen-bond donors (Lipinski definition) is 1. The van der Waals surface area contributed by atoms with Crippen LogP contribution in [0.15, 0.2) is 66.7 Å². The smallest absolute Gasteiger partial charge is 0.419 e. The molecular formula is C18H14F3N3O3. The van der Waals surface area contributed by atoms with E-state index in [-0.39, 0.29) is 5.75 Å². The maximum absolute atomic E-state index is 12.3. The highest BCUT2D eigenvalue weighted by Gasteiger charge is 2.34. The molecule has 2 aromatic heterocycles. The number of rotatable bonds is 4. The minimum absolute atomic E-state index is 0.300. The van der Waals surface area contributed by atoms with Crippen molar-refractivity contribution >= 4 is 5.52 Å². The van der Waals surface area contributed by atoms with E-state index < -0.39 is 12.0 Å². The fourth-order valence-corrected chi connectivity index (χ4v) is 2.72. The van der Waals surface area contributed by atoms with Gasteiger partial charge in [-0.25, -0.2) is 10.00 Å². The average Bonchev–Trinajstić information content (AvgIpc) is 3.18. The number of halogens is 3. The lowest BCUT2D eigenvalue weighted by molar-refractivity contribution is -0.274. The van der Waals surface area contributed by atoms with Gasteiger partial charge >= 0.3 is 6.36 Å². The lowest BCUT2D eigenvalue weighted by atomic mass is 9.96. The van der Waals surface area contributed by atoms with Gasteiger partial charge in [-0.1, -0.05) is 18.2 Å². The average molecular weight is 377 g/mol. The molecule has 0 saturated carbocycles. The Kier molecular flexibility index (Phi) is 3.96. The van der Waals surface area contributed by atoms with E-state index in [1.165, 1.54) is 24.3 Å². The molecule has 1 N–H and O–H groups in total. The first-order chi connectivity index (χ1) is 12.8. The Bertz CT molecular complexity index is 965. The number of nitrogens with one attached hydrogen (secondary N) is 1. The van der Waals surface area contributed by atoms with E-state index in [9.17, 15) is 13.2 Å². The fraction of sp³-hybridized carbons (Fsp3) is 0.167. The number of fused-ring (bicyclic) bond motifs is 1. The summed E-state index contributed by atoms with van der Waals surface area (Å²) in [5.41, 5.74) is 3.24. The van der Waals surface area contributed by atoms with E-state index in [1.807, 2.05) is 18.2 Å². The number of alkyl halides is 3. The predicted octanol–water partition coefficient (Wildman–Crippen LogP) is 3.90. The summed E-state index contributed by atoms with van der Waals surface area (Å²) >= 11 is 0. The van der Waals surface area contributed by atoms with Gasteiger partial charge in [-0.15, -0.1) is 18.3 Å². The highest BCUT2D eigenvalue weighted by molar-refractivity contribution is 5.49. The minimum atomic E-state index is -4.73. The molecule has 6 nitrogen and oxygen atoms in total. The van der Waals surface area contributed by atoms with Crippen LogP contribution in [0.2, 0.25) is 0 Å². The van der Waals surface area contributed by atoms with Gasteiger partial charge in [0.15, 0.2) is 0 Å². The van der Waals surface area contributed by atoms with Crippen LogP contribution in [0.1, 0.15) is 12.5 Å². The summed E-state index contributed by atoms with van der Waals surface area (Å²) in [5, 5.41) is 4.28. The van der Waals surface area contributed by atoms with E-state index in [4.69, 9.17) is 9.57 Å². The first kappa shape index (κ1) is 17.2. The second kappa shape index (κ2) is 6.20. The summed E-state index contributed by atoms with van der Waals surface area (Å²) in [5.74, 6) is 0.407. The largest absolute Gasteiger partial charge is 0.573 e. The third-order valence-electron chi connectivity index (χ3n) is 3.99. The Labute approximate surface area is 151 Å². The molecule has 140 valence electrons. The Morgan fingerprint density at radius 3 is 2.63 bits per heavy atom. The second-order valence-corrected chi connectivity index (χ2v) is 6.05. The number of hydroxylamine groups is 1. The second-order valence-electron chi connectivity index (χ2n) is 6.05. The van der Waals surface area contributed by atoms with Crippen molar-refractivity contribution in [2.24, 2.45) is 0 Å². The van der Waals surface area contributed by atoms with Gasteiger partial charge in [-0.3, -0.25) is 4.84 Å². The molecule has 1 aliphatic heterocycles. The van der Waals surface area contributed by atoms with Gasteiger partial charge in [0.2, 0.25) is 11.8 Å². The van der Waals surface area contributed by atoms with Gasteiger partial charge in [-0.05, 0) is 36.8 Å². The monoisotopic (exact) mass is 377 g/mol. The van der Waals surface area contributed by atoms with Crippen molar-refractivity contribution in [2.75, 3.05) is 0 Å². The zero-order chi connectivity index (χ0) is 19.1. The van der Waals surface area contributed by atoms with Crippen molar-refractivity contribution in [3.05, 3.63) is 72.3 Å². The van der Waals surface area contributed by atoms with Crippen molar-refractivity contribution in [3.63, 3.8) is 0 Å². The van der Waals surface area contributed by atoms with Gasteiger partial charge in [0, 0.05) is 18.3 Å². The number of aromatic nitrogens is 2. The van der Waals surface area contributed by atoms with E-state index in [2.05, 4.69) is 15.3 Å². The van der Waals surface area contributed by atoms with E-state index in [1.54, 1.807) is 29.8 Å². The molecule has 0 radical (unpaired) electrons. The van der Waals surface area contributed by atoms with Crippen LogP contribution < -0.4 is 15.0 Å². The Balaban J connectivity index is 1.51. The molecule has 3 heterocycles. The molecule has 0 aliphatic carbocycles. The maximum Gasteiger partial charge on any atom is 0.573 e. The number of ether oxygens (including phenoxy) is 2. The summed E-state index contributed by atoms with van der Waals surface area (Å²) in [4.78, 5) is 5.56. The third-order valence-corrected chi connectivity index (χ3v) is 3.99. The molecule has 1 aromatic carbocycles. The maximum atomic E-state index is 12.3. The quantitative estimate of drug-likeness (QED) is 0.747. The normalized spacial score (nSPS) is 19.6. The Morgan fingerprint density at radius 1 is 1.15 bits per heavy atom. The van der Waals surface area contributed by atoms with Crippen LogP contribution in [0.3, 0.4) is 0 Å². The van der Waals surface area contributed by atoms with E-state index >= 15 is 0 Å². The van der Waals surface area contributed by atoms with Gasteiger partial charge < -0.3 is 9.47 Å². The van der Waals surface area contributed by atoms with Gasteiger partial charge in [0.25, 0.3) is 0 Å². The highest BCUT2D eigenvalue weighted by atomic mass is 19.4. The molecule has 9 heteroatoms. The summed E-state index contributed by atoms with van der Waals surface area (Å²) < 4.78 is 48.0. The van der Waals surface area contributed by atoms with Crippen LogP contribution in [-0.2, 0) is 10.4 Å². The summed E-state index contributed by atoms with van der Waals surface area (Å²) in [6, 6.07) is 12.8. The van der Waals surface area contributed by atoms with Crippen LogP contribution in [0.5, 0.6) is 11.6 Å². The standard InChI is InChI=1S/C18H14F3N3O3/c1-17(12-5-7-14(8-6-12)26-18(19,20)21)11-16(23-27-17)25-15-10-13-4-2-3-9-24(13)22-15/h2-11,23H,1H3/t17-/m1/s1. The Hall–Kier alpha value is -3.20. The molecule has 0 spiro atoms. The van der Waals surface area contributed by atoms with Crippen molar-refractivity contribution in [1.29, 1.82) is 0 Å². The van der Waals surface area contributed by atoms with Crippen LogP contribution in [0.25, 0.3) is 5.52 Å². The molecule has 0 saturated heterocycles. The number of nitrogens with zero attached hydrogens (tertiary/aromatic N) is 2. The zero-order valence-electron chi connectivity index (χ0n) is 14.0. The lowest BCUT2D eigenvalue weighted by Gasteiger charge is -2.20. The molecule has 4 rings (SSSR count). The van der Waals surface area contributed by atoms with Crippen LogP contribution in [-0.4, -0.2) is 16.0 Å². The fourth-order valence-electron chi connectivity index (χ4n) is 2.72. The third kappa shape index (κ3) is 3.68. The van der Waals surface area contributed by atoms with Crippen molar-refractivity contribution in [2.45, 2.75) is 18.9 Å². The number of hydrogen-bond acceptors (Lipinski definition) is 5. The summed E-state index contributed by atoms with van der Waals surface area (Å²) in [7, 11) is 0. The van der Waals surface area contributed by atoms with Crippen molar-refractivity contribution < 1.29 is 27.5 Å². The first-order valence-electron chi connectivity index (χ1n) is 7.96. The van der Waals surface area contributed by atoms with Gasteiger partial charge in [0.1, 0.15) is 11.4 Å². The minimum Gasteiger partial charge on any atom is -0.419 e. The van der Waals surface area contributed by atoms with Crippen LogP contribution in [0.4, 0.5) is 13.2 Å². The van der Waals surface area contributed by atoms with E-state index in [0.717, 1.165) is 5.52 Å². The van der Waals surface area contributed by atoms with E-state index in [0.29, 0.717) is 17.3 Å². The molecule has 27 heavy (non-hydrogen) atoms. The molecule has 0 unspecified atom stereocenters. The summed E-state index contributed by atoms with van der Waals surface area (Å²) in [6.45, 7) is 1.75. The molecule has 0 fully saturated rings. The molecule has 1 aliphatic rings. The predicted molar refractivity (Wildman–Crippen MR) is 88.6 cm³/mol.